The van der Waals surface area contributed by atoms with Gasteiger partial charge in [-0.1, -0.05) is 13.8 Å². The molecular formula is C21H33N3O3S. The number of rotatable bonds is 4. The van der Waals surface area contributed by atoms with Crippen LogP contribution >= 0.6 is 11.8 Å². The molecule has 1 aliphatic heterocycles. The Balaban J connectivity index is 1.88. The summed E-state index contributed by atoms with van der Waals surface area (Å²) in [6, 6.07) is 6.01. The molecule has 1 heterocycles. The van der Waals surface area contributed by atoms with Crippen molar-refractivity contribution in [3.05, 3.63) is 23.8 Å². The molecule has 1 aromatic rings. The summed E-state index contributed by atoms with van der Waals surface area (Å²) in [4.78, 5) is 29.4. The van der Waals surface area contributed by atoms with E-state index in [1.807, 2.05) is 45.5 Å². The minimum atomic E-state index is -0.511. The predicted octanol–water partition coefficient (Wildman–Crippen LogP) is 4.97. The number of nitrogens with zero attached hydrogens (tertiary/aromatic N) is 2. The van der Waals surface area contributed by atoms with E-state index in [-0.39, 0.29) is 12.1 Å². The molecule has 3 amide bonds. The van der Waals surface area contributed by atoms with Crippen LogP contribution in [0.2, 0.25) is 0 Å². The Hall–Kier alpha value is -1.89. The maximum atomic E-state index is 12.6. The number of nitrogens with one attached hydrogen (secondary N) is 1. The Morgan fingerprint density at radius 3 is 2.32 bits per heavy atom. The van der Waals surface area contributed by atoms with E-state index in [1.54, 1.807) is 9.80 Å². The van der Waals surface area contributed by atoms with E-state index in [0.29, 0.717) is 31.4 Å². The van der Waals surface area contributed by atoms with E-state index in [1.165, 1.54) is 4.90 Å². The molecule has 1 fully saturated rings. The molecule has 0 aromatic heterocycles. The molecule has 156 valence electrons. The normalized spacial score (nSPS) is 15.9. The molecule has 1 aromatic carbocycles. The molecule has 1 N–H and O–H groups in total. The number of thioether (sulfide) groups is 1. The summed E-state index contributed by atoms with van der Waals surface area (Å²) in [6.45, 7) is 13.9. The monoisotopic (exact) mass is 407 g/mol. The van der Waals surface area contributed by atoms with Crippen LogP contribution in [0.3, 0.4) is 0 Å². The Bertz CT molecular complexity index is 695. The first kappa shape index (κ1) is 22.4. The van der Waals surface area contributed by atoms with Gasteiger partial charge in [0.15, 0.2) is 0 Å². The highest BCUT2D eigenvalue weighted by Gasteiger charge is 2.27. The first-order chi connectivity index (χ1) is 13.1. The number of hydrogen-bond acceptors (Lipinski definition) is 4. The molecule has 0 aliphatic carbocycles. The fourth-order valence-corrected chi connectivity index (χ4v) is 3.80. The lowest BCUT2D eigenvalue weighted by Gasteiger charge is -2.35. The third-order valence-electron chi connectivity index (χ3n) is 4.57. The molecular weight excluding hydrogens is 374 g/mol. The first-order valence-electron chi connectivity index (χ1n) is 9.90. The second-order valence-corrected chi connectivity index (χ2v) is 9.71. The zero-order valence-electron chi connectivity index (χ0n) is 17.9. The second-order valence-electron chi connectivity index (χ2n) is 8.20. The van der Waals surface area contributed by atoms with Crippen molar-refractivity contribution in [3.8, 4) is 0 Å². The lowest BCUT2D eigenvalue weighted by molar-refractivity contribution is 0.0174. The smallest absolute Gasteiger partial charge is 0.410 e. The van der Waals surface area contributed by atoms with Crippen LogP contribution in [0.1, 0.15) is 46.6 Å². The van der Waals surface area contributed by atoms with Crippen LogP contribution in [-0.2, 0) is 4.74 Å². The zero-order chi connectivity index (χ0) is 20.9. The lowest BCUT2D eigenvalue weighted by atomic mass is 10.2. The minimum Gasteiger partial charge on any atom is -0.444 e. The van der Waals surface area contributed by atoms with Gasteiger partial charge in [0.2, 0.25) is 0 Å². The summed E-state index contributed by atoms with van der Waals surface area (Å²) in [5.41, 5.74) is 1.37. The number of carbonyl (C=O) groups is 2. The molecule has 0 saturated carbocycles. The van der Waals surface area contributed by atoms with Crippen molar-refractivity contribution in [1.29, 1.82) is 0 Å². The van der Waals surface area contributed by atoms with Gasteiger partial charge in [-0.25, -0.2) is 9.59 Å². The van der Waals surface area contributed by atoms with Crippen LogP contribution in [0.15, 0.2) is 23.1 Å². The predicted molar refractivity (Wildman–Crippen MR) is 115 cm³/mol. The molecule has 28 heavy (non-hydrogen) atoms. The number of ether oxygens (including phenoxy) is 1. The van der Waals surface area contributed by atoms with Gasteiger partial charge in [-0.05, 0) is 57.9 Å². The van der Waals surface area contributed by atoms with E-state index in [0.717, 1.165) is 17.7 Å². The van der Waals surface area contributed by atoms with Gasteiger partial charge in [-0.2, -0.15) is 0 Å². The summed E-state index contributed by atoms with van der Waals surface area (Å²) >= 11 is 1.85. The van der Waals surface area contributed by atoms with Gasteiger partial charge in [0, 0.05) is 42.0 Å². The number of piperazine rings is 1. The summed E-state index contributed by atoms with van der Waals surface area (Å²) in [6.07, 6.45) is 0.801. The standard InChI is InChI=1S/C21H33N3O3S/c1-7-16(3)28-17-8-9-18(15(2)14-17)22-19(25)23-10-12-24(13-11-23)20(26)27-21(4,5)6/h8-9,14,16H,7,10-13H2,1-6H3,(H,22,25). The van der Waals surface area contributed by atoms with Crippen molar-refractivity contribution in [2.45, 2.75) is 63.7 Å². The van der Waals surface area contributed by atoms with Crippen LogP contribution in [-0.4, -0.2) is 59.0 Å². The fourth-order valence-electron chi connectivity index (χ4n) is 2.78. The second kappa shape index (κ2) is 9.54. The third-order valence-corrected chi connectivity index (χ3v) is 5.83. The number of amides is 3. The van der Waals surface area contributed by atoms with Gasteiger partial charge in [-0.15, -0.1) is 11.8 Å². The first-order valence-corrected chi connectivity index (χ1v) is 10.8. The van der Waals surface area contributed by atoms with Gasteiger partial charge >= 0.3 is 12.1 Å². The molecule has 1 aliphatic rings. The largest absolute Gasteiger partial charge is 0.444 e. The highest BCUT2D eigenvalue weighted by molar-refractivity contribution is 7.99. The average Bonchev–Trinajstić information content (AvgIpc) is 2.62. The van der Waals surface area contributed by atoms with Crippen molar-refractivity contribution in [2.24, 2.45) is 0 Å². The molecule has 1 unspecified atom stereocenters. The number of carbonyl (C=O) groups excluding carboxylic acids is 2. The topological polar surface area (TPSA) is 61.9 Å². The molecule has 0 spiro atoms. The molecule has 1 atom stereocenters. The third kappa shape index (κ3) is 6.62. The van der Waals surface area contributed by atoms with Gasteiger partial charge < -0.3 is 19.9 Å². The number of hydrogen-bond donors (Lipinski definition) is 1. The Morgan fingerprint density at radius 1 is 1.18 bits per heavy atom. The maximum absolute atomic E-state index is 12.6. The maximum Gasteiger partial charge on any atom is 0.410 e. The van der Waals surface area contributed by atoms with Crippen LogP contribution in [0.5, 0.6) is 0 Å². The van der Waals surface area contributed by atoms with Crippen molar-refractivity contribution >= 4 is 29.6 Å². The Labute approximate surface area is 173 Å². The van der Waals surface area contributed by atoms with Gasteiger partial charge in [0.1, 0.15) is 5.60 Å². The minimum absolute atomic E-state index is 0.130. The molecule has 2 rings (SSSR count). The van der Waals surface area contributed by atoms with Crippen LogP contribution in [0.25, 0.3) is 0 Å². The van der Waals surface area contributed by atoms with Gasteiger partial charge in [0.05, 0.1) is 0 Å². The molecule has 1 saturated heterocycles. The SMILES string of the molecule is CCC(C)Sc1ccc(NC(=O)N2CCN(C(=O)OC(C)(C)C)CC2)c(C)c1. The van der Waals surface area contributed by atoms with Gasteiger partial charge in [-0.3, -0.25) is 0 Å². The van der Waals surface area contributed by atoms with Crippen LogP contribution < -0.4 is 5.32 Å². The summed E-state index contributed by atoms with van der Waals surface area (Å²) in [7, 11) is 0. The Kier molecular flexibility index (Phi) is 7.63. The van der Waals surface area contributed by atoms with E-state index >= 15 is 0 Å². The highest BCUT2D eigenvalue weighted by Crippen LogP contribution is 2.28. The summed E-state index contributed by atoms with van der Waals surface area (Å²) in [5, 5.41) is 3.57. The lowest BCUT2D eigenvalue weighted by Crippen LogP contribution is -2.52. The molecule has 7 heteroatoms. The van der Waals surface area contributed by atoms with E-state index in [9.17, 15) is 9.59 Å². The number of urea groups is 1. The van der Waals surface area contributed by atoms with Crippen molar-refractivity contribution in [3.63, 3.8) is 0 Å². The Morgan fingerprint density at radius 2 is 1.79 bits per heavy atom. The quantitative estimate of drug-likeness (QED) is 0.716. The molecule has 0 bridgehead atoms. The van der Waals surface area contributed by atoms with Crippen LogP contribution in [0, 0.1) is 6.92 Å². The zero-order valence-corrected chi connectivity index (χ0v) is 18.7. The average molecular weight is 408 g/mol. The highest BCUT2D eigenvalue weighted by atomic mass is 32.2. The number of benzene rings is 1. The van der Waals surface area contributed by atoms with E-state index in [4.69, 9.17) is 4.74 Å². The number of aryl methyl sites for hydroxylation is 1. The van der Waals surface area contributed by atoms with Crippen molar-refractivity contribution in [1.82, 2.24) is 9.80 Å². The van der Waals surface area contributed by atoms with E-state index in [2.05, 4.69) is 31.3 Å². The van der Waals surface area contributed by atoms with Crippen molar-refractivity contribution < 1.29 is 14.3 Å². The number of anilines is 1. The fraction of sp³-hybridized carbons (Fsp3) is 0.619. The van der Waals surface area contributed by atoms with E-state index < -0.39 is 5.60 Å². The summed E-state index contributed by atoms with van der Waals surface area (Å²) < 4.78 is 5.40. The van der Waals surface area contributed by atoms with Crippen molar-refractivity contribution in [2.75, 3.05) is 31.5 Å². The molecule has 0 radical (unpaired) electrons. The van der Waals surface area contributed by atoms with Gasteiger partial charge in [0.25, 0.3) is 0 Å². The summed E-state index contributed by atoms with van der Waals surface area (Å²) in [5.74, 6) is 0. The molecule has 6 nitrogen and oxygen atoms in total. The van der Waals surface area contributed by atoms with Crippen LogP contribution in [0.4, 0.5) is 15.3 Å².